The van der Waals surface area contributed by atoms with Gasteiger partial charge in [-0.05, 0) is 35.2 Å². The molecular weight excluding hydrogens is 267 g/mol. The third-order valence-corrected chi connectivity index (χ3v) is 3.37. The normalized spacial score (nSPS) is 13.1. The number of pyridine rings is 1. The van der Waals surface area contributed by atoms with Gasteiger partial charge in [-0.3, -0.25) is 4.98 Å². The average molecular weight is 288 g/mol. The molecule has 2 rings (SSSR count). The van der Waals surface area contributed by atoms with Crippen LogP contribution in [-0.2, 0) is 6.54 Å². The summed E-state index contributed by atoms with van der Waals surface area (Å²) in [6.07, 6.45) is 1.43. The predicted octanol–water partition coefficient (Wildman–Crippen LogP) is 3.80. The maximum Gasteiger partial charge on any atom is 0.133 e. The maximum absolute atomic E-state index is 13.1. The van der Waals surface area contributed by atoms with E-state index in [1.807, 2.05) is 12.1 Å². The van der Waals surface area contributed by atoms with E-state index in [1.54, 1.807) is 12.1 Å². The number of aromatic hydroxyl groups is 1. The maximum atomic E-state index is 13.1. The van der Waals surface area contributed by atoms with Crippen LogP contribution >= 0.6 is 0 Å². The topological polar surface area (TPSA) is 45.1 Å². The van der Waals surface area contributed by atoms with Crippen LogP contribution in [0.1, 0.15) is 38.1 Å². The van der Waals surface area contributed by atoms with Crippen LogP contribution < -0.4 is 5.32 Å². The van der Waals surface area contributed by atoms with Gasteiger partial charge in [-0.15, -0.1) is 0 Å². The Morgan fingerprint density at radius 2 is 1.81 bits per heavy atom. The fourth-order valence-corrected chi connectivity index (χ4v) is 2.31. The van der Waals surface area contributed by atoms with E-state index < -0.39 is 0 Å². The smallest absolute Gasteiger partial charge is 0.133 e. The number of halogens is 1. The third kappa shape index (κ3) is 4.26. The Balaban J connectivity index is 2.14. The molecule has 1 heterocycles. The van der Waals surface area contributed by atoms with Gasteiger partial charge in [-0.2, -0.15) is 0 Å². The van der Waals surface area contributed by atoms with Crippen molar-refractivity contribution in [2.75, 3.05) is 0 Å². The molecule has 3 nitrogen and oxygen atoms in total. The second-order valence-electron chi connectivity index (χ2n) is 6.24. The molecule has 1 unspecified atom stereocenters. The van der Waals surface area contributed by atoms with Crippen molar-refractivity contribution in [3.8, 4) is 5.75 Å². The highest BCUT2D eigenvalue weighted by molar-refractivity contribution is 5.22. The van der Waals surface area contributed by atoms with E-state index in [1.165, 1.54) is 18.3 Å². The van der Waals surface area contributed by atoms with E-state index in [2.05, 4.69) is 31.1 Å². The predicted molar refractivity (Wildman–Crippen MR) is 81.3 cm³/mol. The number of rotatable bonds is 4. The molecule has 0 aliphatic rings. The van der Waals surface area contributed by atoms with Gasteiger partial charge in [0.05, 0.1) is 11.9 Å². The zero-order valence-electron chi connectivity index (χ0n) is 12.6. The largest absolute Gasteiger partial charge is 0.506 e. The zero-order chi connectivity index (χ0) is 15.5. The average Bonchev–Trinajstić information content (AvgIpc) is 2.42. The van der Waals surface area contributed by atoms with Gasteiger partial charge in [0.15, 0.2) is 0 Å². The summed E-state index contributed by atoms with van der Waals surface area (Å²) in [5, 5.41) is 12.7. The first kappa shape index (κ1) is 15.4. The van der Waals surface area contributed by atoms with Crippen LogP contribution in [0, 0.1) is 11.2 Å². The van der Waals surface area contributed by atoms with Crippen molar-refractivity contribution in [1.29, 1.82) is 0 Å². The molecule has 0 spiro atoms. The van der Waals surface area contributed by atoms with Crippen molar-refractivity contribution < 1.29 is 9.50 Å². The second-order valence-corrected chi connectivity index (χ2v) is 6.24. The SMILES string of the molecule is CC(C)(C)C(NCc1ccc(O)cn1)c1ccc(F)cc1. The molecule has 1 aromatic carbocycles. The Bertz CT molecular complexity index is 573. The van der Waals surface area contributed by atoms with Crippen LogP contribution in [0.25, 0.3) is 0 Å². The van der Waals surface area contributed by atoms with Crippen molar-refractivity contribution in [1.82, 2.24) is 10.3 Å². The summed E-state index contributed by atoms with van der Waals surface area (Å²) in [6, 6.07) is 10.1. The molecule has 4 heteroatoms. The van der Waals surface area contributed by atoms with Gasteiger partial charge in [0, 0.05) is 12.6 Å². The summed E-state index contributed by atoms with van der Waals surface area (Å²) in [4.78, 5) is 4.17. The number of nitrogens with zero attached hydrogens (tertiary/aromatic N) is 1. The molecule has 2 aromatic rings. The van der Waals surface area contributed by atoms with Crippen LogP contribution in [0.4, 0.5) is 4.39 Å². The Labute approximate surface area is 124 Å². The van der Waals surface area contributed by atoms with Crippen LogP contribution in [0.15, 0.2) is 42.6 Å². The minimum Gasteiger partial charge on any atom is -0.506 e. The molecule has 0 amide bonds. The lowest BCUT2D eigenvalue weighted by atomic mass is 9.82. The van der Waals surface area contributed by atoms with Gasteiger partial charge in [0.1, 0.15) is 11.6 Å². The quantitative estimate of drug-likeness (QED) is 0.899. The fourth-order valence-electron chi connectivity index (χ4n) is 2.31. The highest BCUT2D eigenvalue weighted by Crippen LogP contribution is 2.33. The van der Waals surface area contributed by atoms with Crippen LogP contribution in [0.5, 0.6) is 5.75 Å². The van der Waals surface area contributed by atoms with E-state index in [0.29, 0.717) is 6.54 Å². The first-order valence-electron chi connectivity index (χ1n) is 6.99. The van der Waals surface area contributed by atoms with Crippen LogP contribution in [-0.4, -0.2) is 10.1 Å². The number of aromatic nitrogens is 1. The van der Waals surface area contributed by atoms with Gasteiger partial charge in [0.25, 0.3) is 0 Å². The number of benzene rings is 1. The zero-order valence-corrected chi connectivity index (χ0v) is 12.6. The van der Waals surface area contributed by atoms with E-state index in [9.17, 15) is 9.50 Å². The van der Waals surface area contributed by atoms with Gasteiger partial charge in [-0.1, -0.05) is 32.9 Å². The molecule has 2 N–H and O–H groups in total. The van der Waals surface area contributed by atoms with Crippen LogP contribution in [0.3, 0.4) is 0 Å². The van der Waals surface area contributed by atoms with Crippen molar-refractivity contribution in [2.24, 2.45) is 5.41 Å². The molecule has 0 radical (unpaired) electrons. The lowest BCUT2D eigenvalue weighted by Crippen LogP contribution is -2.32. The standard InChI is InChI=1S/C17H21FN2O/c1-17(2,3)16(12-4-6-13(18)7-5-12)20-10-14-8-9-15(21)11-19-14/h4-9,11,16,20-21H,10H2,1-3H3. The highest BCUT2D eigenvalue weighted by atomic mass is 19.1. The van der Waals surface area contributed by atoms with E-state index in [0.717, 1.165) is 11.3 Å². The van der Waals surface area contributed by atoms with Gasteiger partial charge < -0.3 is 10.4 Å². The van der Waals surface area contributed by atoms with Crippen molar-refractivity contribution in [3.63, 3.8) is 0 Å². The molecule has 112 valence electrons. The minimum atomic E-state index is -0.230. The molecule has 0 aliphatic heterocycles. The molecule has 1 aromatic heterocycles. The molecule has 0 aliphatic carbocycles. The summed E-state index contributed by atoms with van der Waals surface area (Å²) in [7, 11) is 0. The summed E-state index contributed by atoms with van der Waals surface area (Å²) < 4.78 is 13.1. The third-order valence-electron chi connectivity index (χ3n) is 3.37. The number of hydrogen-bond donors (Lipinski definition) is 2. The molecule has 0 bridgehead atoms. The van der Waals surface area contributed by atoms with E-state index >= 15 is 0 Å². The van der Waals surface area contributed by atoms with Gasteiger partial charge in [0.2, 0.25) is 0 Å². The molecule has 0 fully saturated rings. The molecule has 0 saturated heterocycles. The van der Waals surface area contributed by atoms with Gasteiger partial charge in [-0.25, -0.2) is 4.39 Å². The summed E-state index contributed by atoms with van der Waals surface area (Å²) in [6.45, 7) is 6.99. The Hall–Kier alpha value is -1.94. The number of nitrogens with one attached hydrogen (secondary N) is 1. The molecule has 0 saturated carbocycles. The van der Waals surface area contributed by atoms with E-state index in [4.69, 9.17) is 0 Å². The Morgan fingerprint density at radius 1 is 1.14 bits per heavy atom. The molecule has 1 atom stereocenters. The monoisotopic (exact) mass is 288 g/mol. The Kier molecular flexibility index (Phi) is 4.58. The van der Waals surface area contributed by atoms with Crippen molar-refractivity contribution in [2.45, 2.75) is 33.4 Å². The molecule has 21 heavy (non-hydrogen) atoms. The first-order valence-corrected chi connectivity index (χ1v) is 6.99. The fraction of sp³-hybridized carbons (Fsp3) is 0.353. The minimum absolute atomic E-state index is 0.0191. The van der Waals surface area contributed by atoms with Gasteiger partial charge >= 0.3 is 0 Å². The second kappa shape index (κ2) is 6.22. The summed E-state index contributed by atoms with van der Waals surface area (Å²) in [5.41, 5.74) is 1.88. The molecular formula is C17H21FN2O. The lowest BCUT2D eigenvalue weighted by molar-refractivity contribution is 0.270. The van der Waals surface area contributed by atoms with Crippen molar-refractivity contribution >= 4 is 0 Å². The number of hydrogen-bond acceptors (Lipinski definition) is 3. The first-order chi connectivity index (χ1) is 9.86. The Morgan fingerprint density at radius 3 is 2.33 bits per heavy atom. The summed E-state index contributed by atoms with van der Waals surface area (Å²) in [5.74, 6) is -0.0729. The van der Waals surface area contributed by atoms with Crippen molar-refractivity contribution in [3.05, 3.63) is 59.7 Å². The van der Waals surface area contributed by atoms with Crippen LogP contribution in [0.2, 0.25) is 0 Å². The van der Waals surface area contributed by atoms with E-state index in [-0.39, 0.29) is 23.0 Å². The summed E-state index contributed by atoms with van der Waals surface area (Å²) >= 11 is 0. The highest BCUT2D eigenvalue weighted by Gasteiger charge is 2.25. The lowest BCUT2D eigenvalue weighted by Gasteiger charge is -2.32.